The van der Waals surface area contributed by atoms with Crippen LogP contribution < -0.4 is 5.32 Å². The molecule has 1 unspecified atom stereocenters. The summed E-state index contributed by atoms with van der Waals surface area (Å²) in [5, 5.41) is 11.3. The van der Waals surface area contributed by atoms with Gasteiger partial charge in [0.1, 0.15) is 6.54 Å². The summed E-state index contributed by atoms with van der Waals surface area (Å²) in [5.74, 6) is 0.0445. The molecule has 1 aliphatic rings. The summed E-state index contributed by atoms with van der Waals surface area (Å²) < 4.78 is 1.98. The second-order valence-electron chi connectivity index (χ2n) is 8.58. The van der Waals surface area contributed by atoms with Gasteiger partial charge < -0.3 is 14.8 Å². The summed E-state index contributed by atoms with van der Waals surface area (Å²) in [6.45, 7) is 7.72. The van der Waals surface area contributed by atoms with Crippen LogP contribution in [0.5, 0.6) is 0 Å². The van der Waals surface area contributed by atoms with Crippen LogP contribution in [0.25, 0.3) is 10.9 Å². The minimum atomic E-state index is -0.585. The molecule has 0 radical (unpaired) electrons. The Morgan fingerprint density at radius 3 is 2.80 bits per heavy atom. The van der Waals surface area contributed by atoms with Crippen molar-refractivity contribution in [2.45, 2.75) is 46.7 Å². The van der Waals surface area contributed by atoms with E-state index in [4.69, 9.17) is 0 Å². The number of nitrogens with zero attached hydrogens (tertiary/aromatic N) is 3. The van der Waals surface area contributed by atoms with E-state index in [2.05, 4.69) is 15.5 Å². The molecule has 0 saturated carbocycles. The van der Waals surface area contributed by atoms with E-state index in [1.54, 1.807) is 0 Å². The SMILES string of the molecule is Cc1n[nH]c(C)c1CNC(=O)C1(C)CCCN(C(=O)Cn2ccc3ccccc32)C1. The maximum atomic E-state index is 13.0. The van der Waals surface area contributed by atoms with Crippen molar-refractivity contribution < 1.29 is 9.59 Å². The van der Waals surface area contributed by atoms with E-state index in [0.717, 1.165) is 40.7 Å². The molecule has 7 nitrogen and oxygen atoms in total. The van der Waals surface area contributed by atoms with Gasteiger partial charge in [0.2, 0.25) is 11.8 Å². The van der Waals surface area contributed by atoms with Gasteiger partial charge in [-0.2, -0.15) is 5.10 Å². The lowest BCUT2D eigenvalue weighted by Gasteiger charge is -2.39. The highest BCUT2D eigenvalue weighted by Gasteiger charge is 2.39. The third kappa shape index (κ3) is 3.84. The molecule has 2 aromatic heterocycles. The lowest BCUT2D eigenvalue weighted by molar-refractivity contribution is -0.141. The lowest BCUT2D eigenvalue weighted by atomic mass is 9.81. The van der Waals surface area contributed by atoms with Crippen LogP contribution in [-0.2, 0) is 22.7 Å². The minimum absolute atomic E-state index is 0.00795. The summed E-state index contributed by atoms with van der Waals surface area (Å²) in [5.41, 5.74) is 3.36. The van der Waals surface area contributed by atoms with Gasteiger partial charge in [-0.05, 0) is 51.1 Å². The molecule has 0 bridgehead atoms. The number of hydrogen-bond acceptors (Lipinski definition) is 3. The zero-order valence-electron chi connectivity index (χ0n) is 17.9. The predicted molar refractivity (Wildman–Crippen MR) is 116 cm³/mol. The smallest absolute Gasteiger partial charge is 0.242 e. The Labute approximate surface area is 176 Å². The molecule has 0 aliphatic carbocycles. The molecule has 158 valence electrons. The van der Waals surface area contributed by atoms with E-state index in [-0.39, 0.29) is 11.8 Å². The number of piperidine rings is 1. The van der Waals surface area contributed by atoms with E-state index < -0.39 is 5.41 Å². The number of aryl methyl sites for hydroxylation is 2. The van der Waals surface area contributed by atoms with Crippen LogP contribution in [0.1, 0.15) is 36.7 Å². The Morgan fingerprint density at radius 1 is 1.23 bits per heavy atom. The van der Waals surface area contributed by atoms with Gasteiger partial charge in [-0.15, -0.1) is 0 Å². The largest absolute Gasteiger partial charge is 0.351 e. The zero-order chi connectivity index (χ0) is 21.3. The van der Waals surface area contributed by atoms with Gasteiger partial charge in [0, 0.05) is 42.6 Å². The van der Waals surface area contributed by atoms with Gasteiger partial charge in [-0.3, -0.25) is 14.7 Å². The van der Waals surface area contributed by atoms with Crippen LogP contribution in [0.15, 0.2) is 36.5 Å². The maximum absolute atomic E-state index is 13.0. The second-order valence-corrected chi connectivity index (χ2v) is 8.58. The van der Waals surface area contributed by atoms with Crippen molar-refractivity contribution in [1.29, 1.82) is 0 Å². The quantitative estimate of drug-likeness (QED) is 0.682. The molecule has 1 aliphatic heterocycles. The minimum Gasteiger partial charge on any atom is -0.351 e. The molecule has 1 fully saturated rings. The number of carbonyl (C=O) groups is 2. The van der Waals surface area contributed by atoms with E-state index >= 15 is 0 Å². The third-order valence-electron chi connectivity index (χ3n) is 6.29. The Bertz CT molecular complexity index is 1060. The first kappa shape index (κ1) is 20.2. The van der Waals surface area contributed by atoms with Gasteiger partial charge in [0.25, 0.3) is 0 Å². The van der Waals surface area contributed by atoms with Crippen molar-refractivity contribution in [3.05, 3.63) is 53.5 Å². The van der Waals surface area contributed by atoms with Gasteiger partial charge in [-0.1, -0.05) is 18.2 Å². The molecule has 1 saturated heterocycles. The Morgan fingerprint density at radius 2 is 2.03 bits per heavy atom. The van der Waals surface area contributed by atoms with E-state index in [1.807, 2.05) is 66.8 Å². The van der Waals surface area contributed by atoms with Crippen molar-refractivity contribution in [2.24, 2.45) is 5.41 Å². The molecule has 3 heterocycles. The fourth-order valence-corrected chi connectivity index (χ4v) is 4.38. The number of aromatic amines is 1. The summed E-state index contributed by atoms with van der Waals surface area (Å²) in [4.78, 5) is 27.9. The van der Waals surface area contributed by atoms with Crippen LogP contribution in [0.3, 0.4) is 0 Å². The van der Waals surface area contributed by atoms with Crippen LogP contribution in [0, 0.1) is 19.3 Å². The molecule has 2 N–H and O–H groups in total. The molecular weight excluding hydrogens is 378 g/mol. The summed E-state index contributed by atoms with van der Waals surface area (Å²) in [6, 6.07) is 10.1. The van der Waals surface area contributed by atoms with Crippen LogP contribution in [0.4, 0.5) is 0 Å². The fourth-order valence-electron chi connectivity index (χ4n) is 4.38. The summed E-state index contributed by atoms with van der Waals surface area (Å²) in [7, 11) is 0. The molecule has 4 rings (SSSR count). The second kappa shape index (κ2) is 7.97. The summed E-state index contributed by atoms with van der Waals surface area (Å²) in [6.07, 6.45) is 3.55. The van der Waals surface area contributed by atoms with Crippen molar-refractivity contribution >= 4 is 22.7 Å². The highest BCUT2D eigenvalue weighted by molar-refractivity contribution is 5.85. The van der Waals surface area contributed by atoms with Gasteiger partial charge in [0.15, 0.2) is 0 Å². The Kier molecular flexibility index (Phi) is 5.37. The highest BCUT2D eigenvalue weighted by atomic mass is 16.2. The van der Waals surface area contributed by atoms with Gasteiger partial charge in [0.05, 0.1) is 11.1 Å². The Hall–Kier alpha value is -3.09. The first-order valence-electron chi connectivity index (χ1n) is 10.5. The number of carbonyl (C=O) groups excluding carboxylic acids is 2. The summed E-state index contributed by atoms with van der Waals surface area (Å²) >= 11 is 0. The molecule has 30 heavy (non-hydrogen) atoms. The Balaban J connectivity index is 1.41. The lowest BCUT2D eigenvalue weighted by Crippen LogP contribution is -2.52. The first-order chi connectivity index (χ1) is 14.4. The van der Waals surface area contributed by atoms with Gasteiger partial charge >= 0.3 is 0 Å². The van der Waals surface area contributed by atoms with E-state index in [9.17, 15) is 9.59 Å². The molecule has 2 amide bonds. The average Bonchev–Trinajstić information content (AvgIpc) is 3.29. The topological polar surface area (TPSA) is 83.0 Å². The molecule has 1 atom stereocenters. The number of amides is 2. The number of fused-ring (bicyclic) bond motifs is 1. The normalized spacial score (nSPS) is 19.2. The van der Waals surface area contributed by atoms with Crippen molar-refractivity contribution in [3.8, 4) is 0 Å². The first-order valence-corrected chi connectivity index (χ1v) is 10.5. The maximum Gasteiger partial charge on any atom is 0.242 e. The molecular formula is C23H29N5O2. The van der Waals surface area contributed by atoms with Crippen LogP contribution in [-0.4, -0.2) is 44.6 Å². The van der Waals surface area contributed by atoms with Crippen molar-refractivity contribution in [1.82, 2.24) is 25.0 Å². The van der Waals surface area contributed by atoms with Gasteiger partial charge in [-0.25, -0.2) is 0 Å². The fraction of sp³-hybridized carbons (Fsp3) is 0.435. The molecule has 3 aromatic rings. The van der Waals surface area contributed by atoms with Crippen LogP contribution >= 0.6 is 0 Å². The number of rotatable bonds is 5. The number of aromatic nitrogens is 3. The number of likely N-dealkylation sites (tertiary alicyclic amines) is 1. The molecule has 1 aromatic carbocycles. The third-order valence-corrected chi connectivity index (χ3v) is 6.29. The number of H-pyrrole nitrogens is 1. The molecule has 0 spiro atoms. The van der Waals surface area contributed by atoms with Crippen LogP contribution in [0.2, 0.25) is 0 Å². The number of nitrogens with one attached hydrogen (secondary N) is 2. The standard InChI is InChI=1S/C23H29N5O2/c1-16-19(17(2)26-25-16)13-24-22(30)23(3)10-6-11-28(15-23)21(29)14-27-12-9-18-7-4-5-8-20(18)27/h4-5,7-9,12H,6,10-11,13-15H2,1-3H3,(H,24,30)(H,25,26). The zero-order valence-corrected chi connectivity index (χ0v) is 17.9. The highest BCUT2D eigenvalue weighted by Crippen LogP contribution is 2.30. The number of benzene rings is 1. The molecule has 7 heteroatoms. The van der Waals surface area contributed by atoms with E-state index in [0.29, 0.717) is 26.2 Å². The predicted octanol–water partition coefficient (Wildman–Crippen LogP) is 2.93. The monoisotopic (exact) mass is 407 g/mol. The number of para-hydroxylation sites is 1. The number of hydrogen-bond donors (Lipinski definition) is 2. The van der Waals surface area contributed by atoms with E-state index in [1.165, 1.54) is 0 Å². The van der Waals surface area contributed by atoms with Crippen molar-refractivity contribution in [2.75, 3.05) is 13.1 Å². The average molecular weight is 408 g/mol. The van der Waals surface area contributed by atoms with Crippen molar-refractivity contribution in [3.63, 3.8) is 0 Å².